The molecule has 23 heavy (non-hydrogen) atoms. The molecule has 0 radical (unpaired) electrons. The lowest BCUT2D eigenvalue weighted by Crippen LogP contribution is -2.45. The number of H-pyrrole nitrogens is 1. The lowest BCUT2D eigenvalue weighted by molar-refractivity contribution is -0.134. The largest absolute Gasteiger partial charge is 0.355 e. The fourth-order valence-corrected chi connectivity index (χ4v) is 2.31. The zero-order valence-corrected chi connectivity index (χ0v) is 15.1. The van der Waals surface area contributed by atoms with E-state index < -0.39 is 0 Å². The Morgan fingerprint density at radius 2 is 1.87 bits per heavy atom. The number of amides is 2. The summed E-state index contributed by atoms with van der Waals surface area (Å²) in [6, 6.07) is 0. The van der Waals surface area contributed by atoms with Crippen LogP contribution in [0.15, 0.2) is 12.5 Å². The third-order valence-electron chi connectivity index (χ3n) is 3.51. The second-order valence-corrected chi connectivity index (χ2v) is 8.04. The smallest absolute Gasteiger partial charge is 0.224 e. The van der Waals surface area contributed by atoms with Crippen molar-refractivity contribution in [2.24, 2.45) is 11.3 Å². The molecule has 1 unspecified atom stereocenters. The minimum absolute atomic E-state index is 0.0823. The molecule has 0 aliphatic carbocycles. The molecule has 130 valence electrons. The van der Waals surface area contributed by atoms with Crippen molar-refractivity contribution in [1.29, 1.82) is 0 Å². The van der Waals surface area contributed by atoms with Gasteiger partial charge >= 0.3 is 0 Å². The van der Waals surface area contributed by atoms with E-state index in [2.05, 4.69) is 20.6 Å². The molecule has 0 aliphatic heterocycles. The Morgan fingerprint density at radius 3 is 2.35 bits per heavy atom. The van der Waals surface area contributed by atoms with Crippen LogP contribution in [0.25, 0.3) is 0 Å². The van der Waals surface area contributed by atoms with Crippen molar-refractivity contribution < 1.29 is 9.59 Å². The molecule has 6 nitrogen and oxygen atoms in total. The summed E-state index contributed by atoms with van der Waals surface area (Å²) in [6.07, 6.45) is 4.24. The molecule has 2 amide bonds. The molecular formula is C17H30N4O2. The van der Waals surface area contributed by atoms with Crippen LogP contribution in [0.2, 0.25) is 0 Å². The summed E-state index contributed by atoms with van der Waals surface area (Å²) in [7, 11) is 0. The molecule has 1 aromatic heterocycles. The predicted molar refractivity (Wildman–Crippen MR) is 90.8 cm³/mol. The number of hydrogen-bond acceptors (Lipinski definition) is 3. The van der Waals surface area contributed by atoms with Crippen LogP contribution in [0.3, 0.4) is 0 Å². The summed E-state index contributed by atoms with van der Waals surface area (Å²) < 4.78 is 0. The average Bonchev–Trinajstić information content (AvgIpc) is 2.85. The lowest BCUT2D eigenvalue weighted by Gasteiger charge is -2.30. The Kier molecular flexibility index (Phi) is 6.36. The van der Waals surface area contributed by atoms with Gasteiger partial charge in [-0.3, -0.25) is 9.59 Å². The summed E-state index contributed by atoms with van der Waals surface area (Å²) in [5, 5.41) is 5.85. The van der Waals surface area contributed by atoms with Crippen molar-refractivity contribution in [3.05, 3.63) is 18.2 Å². The third kappa shape index (κ3) is 7.30. The molecule has 6 heteroatoms. The van der Waals surface area contributed by atoms with E-state index in [0.29, 0.717) is 13.0 Å². The average molecular weight is 322 g/mol. The maximum absolute atomic E-state index is 12.5. The molecule has 3 N–H and O–H groups in total. The van der Waals surface area contributed by atoms with E-state index in [9.17, 15) is 9.59 Å². The highest BCUT2D eigenvalue weighted by Gasteiger charge is 2.33. The monoisotopic (exact) mass is 322 g/mol. The second-order valence-electron chi connectivity index (χ2n) is 8.04. The summed E-state index contributed by atoms with van der Waals surface area (Å²) in [5.74, 6) is -0.547. The van der Waals surface area contributed by atoms with E-state index >= 15 is 0 Å². The van der Waals surface area contributed by atoms with Crippen LogP contribution < -0.4 is 10.6 Å². The molecule has 1 rings (SSSR count). The standard InChI is InChI=1S/C17H30N4O2/c1-16(2,3)13(9-14(22)21-17(4,5)6)15(23)19-8-7-12-10-18-11-20-12/h10-11,13H,7-9H2,1-6H3,(H,18,20)(H,19,23)(H,21,22). The first-order valence-electron chi connectivity index (χ1n) is 8.05. The normalized spacial score (nSPS) is 13.5. The SMILES string of the molecule is CC(C)(C)NC(=O)CC(C(=O)NCCc1cnc[nH]1)C(C)(C)C. The fraction of sp³-hybridized carbons (Fsp3) is 0.706. The Hall–Kier alpha value is -1.85. The van der Waals surface area contributed by atoms with Gasteiger partial charge in [-0.15, -0.1) is 0 Å². The number of carbonyl (C=O) groups is 2. The molecular weight excluding hydrogens is 292 g/mol. The molecule has 0 fully saturated rings. The van der Waals surface area contributed by atoms with E-state index in [0.717, 1.165) is 5.69 Å². The van der Waals surface area contributed by atoms with Gasteiger partial charge < -0.3 is 15.6 Å². The maximum Gasteiger partial charge on any atom is 0.224 e. The minimum Gasteiger partial charge on any atom is -0.355 e. The van der Waals surface area contributed by atoms with Crippen molar-refractivity contribution in [3.63, 3.8) is 0 Å². The van der Waals surface area contributed by atoms with Crippen LogP contribution >= 0.6 is 0 Å². The van der Waals surface area contributed by atoms with Gasteiger partial charge in [-0.1, -0.05) is 20.8 Å². The number of rotatable bonds is 6. The highest BCUT2D eigenvalue weighted by Crippen LogP contribution is 2.29. The Labute approximate surface area is 138 Å². The van der Waals surface area contributed by atoms with Crippen molar-refractivity contribution in [2.75, 3.05) is 6.54 Å². The highest BCUT2D eigenvalue weighted by atomic mass is 16.2. The van der Waals surface area contributed by atoms with Gasteiger partial charge in [-0.05, 0) is 26.2 Å². The van der Waals surface area contributed by atoms with Crippen LogP contribution in [0.1, 0.15) is 53.7 Å². The van der Waals surface area contributed by atoms with Crippen molar-refractivity contribution >= 4 is 11.8 Å². The molecule has 0 aromatic carbocycles. The molecule has 0 aliphatic rings. The quantitative estimate of drug-likeness (QED) is 0.749. The zero-order chi connectivity index (χ0) is 17.7. The van der Waals surface area contributed by atoms with Gasteiger partial charge in [0.1, 0.15) is 0 Å². The molecule has 0 saturated heterocycles. The van der Waals surface area contributed by atoms with E-state index in [1.807, 2.05) is 41.5 Å². The minimum atomic E-state index is -0.369. The predicted octanol–water partition coefficient (Wildman–Crippen LogP) is 2.04. The number of imidazole rings is 1. The highest BCUT2D eigenvalue weighted by molar-refractivity contribution is 5.86. The number of aromatic nitrogens is 2. The van der Waals surface area contributed by atoms with E-state index in [1.165, 1.54) is 0 Å². The molecule has 1 aromatic rings. The molecule has 0 bridgehead atoms. The van der Waals surface area contributed by atoms with Crippen molar-refractivity contribution in [2.45, 2.75) is 59.9 Å². The number of carbonyl (C=O) groups excluding carboxylic acids is 2. The van der Waals surface area contributed by atoms with Gasteiger partial charge in [-0.25, -0.2) is 4.98 Å². The van der Waals surface area contributed by atoms with E-state index in [-0.39, 0.29) is 35.1 Å². The maximum atomic E-state index is 12.5. The van der Waals surface area contributed by atoms with Crippen LogP contribution in [-0.4, -0.2) is 33.9 Å². The molecule has 1 atom stereocenters. The first-order valence-corrected chi connectivity index (χ1v) is 8.05. The Bertz CT molecular complexity index is 510. The van der Waals surface area contributed by atoms with Gasteiger partial charge in [0, 0.05) is 36.8 Å². The first-order chi connectivity index (χ1) is 10.5. The third-order valence-corrected chi connectivity index (χ3v) is 3.51. The van der Waals surface area contributed by atoms with Crippen molar-refractivity contribution in [3.8, 4) is 0 Å². The topological polar surface area (TPSA) is 86.9 Å². The molecule has 1 heterocycles. The van der Waals surface area contributed by atoms with E-state index in [1.54, 1.807) is 12.5 Å². The van der Waals surface area contributed by atoms with Crippen LogP contribution in [0.5, 0.6) is 0 Å². The summed E-state index contributed by atoms with van der Waals surface area (Å²) in [5.41, 5.74) is 0.396. The number of hydrogen-bond donors (Lipinski definition) is 3. The summed E-state index contributed by atoms with van der Waals surface area (Å²) >= 11 is 0. The van der Waals surface area contributed by atoms with E-state index in [4.69, 9.17) is 0 Å². The second kappa shape index (κ2) is 7.62. The van der Waals surface area contributed by atoms with Gasteiger partial charge in [-0.2, -0.15) is 0 Å². The number of nitrogens with zero attached hydrogens (tertiary/aromatic N) is 1. The van der Waals surface area contributed by atoms with Gasteiger partial charge in [0.05, 0.1) is 12.2 Å². The Morgan fingerprint density at radius 1 is 1.22 bits per heavy atom. The number of nitrogens with one attached hydrogen (secondary N) is 3. The first kappa shape index (κ1) is 19.2. The fourth-order valence-electron chi connectivity index (χ4n) is 2.31. The van der Waals surface area contributed by atoms with Crippen molar-refractivity contribution in [1.82, 2.24) is 20.6 Å². The van der Waals surface area contributed by atoms with Gasteiger partial charge in [0.25, 0.3) is 0 Å². The van der Waals surface area contributed by atoms with Gasteiger partial charge in [0.15, 0.2) is 0 Å². The molecule has 0 saturated carbocycles. The Balaban J connectivity index is 2.59. The zero-order valence-electron chi connectivity index (χ0n) is 15.1. The van der Waals surface area contributed by atoms with Gasteiger partial charge in [0.2, 0.25) is 11.8 Å². The summed E-state index contributed by atoms with van der Waals surface area (Å²) in [6.45, 7) is 12.3. The summed E-state index contributed by atoms with van der Waals surface area (Å²) in [4.78, 5) is 31.6. The lowest BCUT2D eigenvalue weighted by atomic mass is 9.77. The van der Waals surface area contributed by atoms with Crippen LogP contribution in [0, 0.1) is 11.3 Å². The number of aromatic amines is 1. The molecule has 0 spiro atoms. The van der Waals surface area contributed by atoms with Crippen LogP contribution in [0.4, 0.5) is 0 Å². The van der Waals surface area contributed by atoms with Crippen LogP contribution in [-0.2, 0) is 16.0 Å².